The maximum atomic E-state index is 11.4. The minimum Gasteiger partial charge on any atom is -0.456 e. The summed E-state index contributed by atoms with van der Waals surface area (Å²) in [5.74, 6) is -0.507. The Bertz CT molecular complexity index is 212. The smallest absolute Gasteiger partial charge is 0.307 e. The highest BCUT2D eigenvalue weighted by atomic mass is 16.5. The third kappa shape index (κ3) is 3.33. The lowest BCUT2D eigenvalue weighted by Crippen LogP contribution is -2.32. The molecule has 0 radical (unpaired) electrons. The molecule has 1 fully saturated rings. The summed E-state index contributed by atoms with van der Waals surface area (Å²) in [7, 11) is 0. The van der Waals surface area contributed by atoms with Crippen molar-refractivity contribution in [1.29, 1.82) is 0 Å². The third-order valence-corrected chi connectivity index (χ3v) is 2.16. The number of carbonyl (C=O) groups is 2. The van der Waals surface area contributed by atoms with E-state index < -0.39 is 5.97 Å². The van der Waals surface area contributed by atoms with Crippen molar-refractivity contribution in [3.8, 4) is 0 Å². The maximum absolute atomic E-state index is 11.4. The molecule has 2 N–H and O–H groups in total. The molecule has 5 heteroatoms. The van der Waals surface area contributed by atoms with Gasteiger partial charge in [-0.2, -0.15) is 0 Å². The summed E-state index contributed by atoms with van der Waals surface area (Å²) in [6, 6.07) is 0. The lowest BCUT2D eigenvalue weighted by molar-refractivity contribution is -0.151. The van der Waals surface area contributed by atoms with Gasteiger partial charge in [0.05, 0.1) is 6.42 Å². The number of rotatable bonds is 4. The van der Waals surface area contributed by atoms with Gasteiger partial charge in [0.25, 0.3) is 5.91 Å². The number of hydrogen-bond donors (Lipinski definition) is 1. The van der Waals surface area contributed by atoms with Crippen LogP contribution >= 0.6 is 0 Å². The van der Waals surface area contributed by atoms with E-state index in [1.54, 1.807) is 4.90 Å². The van der Waals surface area contributed by atoms with Crippen molar-refractivity contribution < 1.29 is 14.3 Å². The van der Waals surface area contributed by atoms with Gasteiger partial charge in [-0.25, -0.2) is 0 Å². The first-order valence-corrected chi connectivity index (χ1v) is 4.87. The average molecular weight is 200 g/mol. The quantitative estimate of drug-likeness (QED) is 0.621. The second-order valence-corrected chi connectivity index (χ2v) is 3.29. The molecule has 0 aromatic carbocycles. The number of ether oxygens (including phenoxy) is 1. The Morgan fingerprint density at radius 1 is 1.29 bits per heavy atom. The van der Waals surface area contributed by atoms with E-state index in [-0.39, 0.29) is 25.5 Å². The highest BCUT2D eigenvalue weighted by molar-refractivity contribution is 5.80. The van der Waals surface area contributed by atoms with Crippen LogP contribution in [0, 0.1) is 0 Å². The van der Waals surface area contributed by atoms with Crippen LogP contribution in [0.2, 0.25) is 0 Å². The number of carbonyl (C=O) groups excluding carboxylic acids is 2. The van der Waals surface area contributed by atoms with E-state index in [1.165, 1.54) is 0 Å². The van der Waals surface area contributed by atoms with Crippen molar-refractivity contribution >= 4 is 11.9 Å². The lowest BCUT2D eigenvalue weighted by Gasteiger charge is -2.14. The molecule has 14 heavy (non-hydrogen) atoms. The Labute approximate surface area is 83.2 Å². The van der Waals surface area contributed by atoms with Gasteiger partial charge in [0, 0.05) is 19.6 Å². The van der Waals surface area contributed by atoms with Gasteiger partial charge in [0.2, 0.25) is 0 Å². The monoisotopic (exact) mass is 200 g/mol. The van der Waals surface area contributed by atoms with Gasteiger partial charge in [-0.1, -0.05) is 0 Å². The Balaban J connectivity index is 2.17. The van der Waals surface area contributed by atoms with Gasteiger partial charge in [-0.05, 0) is 12.8 Å². The van der Waals surface area contributed by atoms with Crippen LogP contribution in [-0.4, -0.2) is 43.0 Å². The van der Waals surface area contributed by atoms with Crippen LogP contribution < -0.4 is 5.73 Å². The van der Waals surface area contributed by atoms with E-state index >= 15 is 0 Å². The zero-order valence-corrected chi connectivity index (χ0v) is 8.20. The minimum absolute atomic E-state index is 0.104. The molecule has 1 saturated heterocycles. The fourth-order valence-corrected chi connectivity index (χ4v) is 1.39. The van der Waals surface area contributed by atoms with Gasteiger partial charge in [-0.15, -0.1) is 0 Å². The fraction of sp³-hybridized carbons (Fsp3) is 0.778. The summed E-state index contributed by atoms with van der Waals surface area (Å²) < 4.78 is 4.75. The fourth-order valence-electron chi connectivity index (χ4n) is 1.39. The molecule has 1 heterocycles. The molecule has 1 amide bonds. The number of nitrogens with zero attached hydrogens (tertiary/aromatic N) is 1. The predicted octanol–water partition coefficient (Wildman–Crippen LogP) is -0.499. The Hall–Kier alpha value is -1.10. The SMILES string of the molecule is NCCC(=O)OCC(=O)N1CCCC1. The molecule has 0 bridgehead atoms. The van der Waals surface area contributed by atoms with E-state index in [9.17, 15) is 9.59 Å². The first kappa shape index (κ1) is 11.0. The molecular weight excluding hydrogens is 184 g/mol. The van der Waals surface area contributed by atoms with Crippen molar-refractivity contribution in [2.45, 2.75) is 19.3 Å². The standard InChI is InChI=1S/C9H16N2O3/c10-4-3-9(13)14-7-8(12)11-5-1-2-6-11/h1-7,10H2. The van der Waals surface area contributed by atoms with Gasteiger partial charge >= 0.3 is 5.97 Å². The summed E-state index contributed by atoms with van der Waals surface area (Å²) in [5, 5.41) is 0. The highest BCUT2D eigenvalue weighted by Crippen LogP contribution is 2.07. The van der Waals surface area contributed by atoms with Crippen molar-refractivity contribution in [1.82, 2.24) is 4.90 Å². The van der Waals surface area contributed by atoms with E-state index in [4.69, 9.17) is 10.5 Å². The van der Waals surface area contributed by atoms with Crippen molar-refractivity contribution in [3.05, 3.63) is 0 Å². The second-order valence-electron chi connectivity index (χ2n) is 3.29. The molecular formula is C9H16N2O3. The number of amides is 1. The van der Waals surface area contributed by atoms with E-state index in [2.05, 4.69) is 0 Å². The van der Waals surface area contributed by atoms with Crippen LogP contribution in [-0.2, 0) is 14.3 Å². The molecule has 0 aliphatic carbocycles. The van der Waals surface area contributed by atoms with E-state index in [1.807, 2.05) is 0 Å². The zero-order chi connectivity index (χ0) is 10.4. The summed E-state index contributed by atoms with van der Waals surface area (Å²) in [5.41, 5.74) is 5.16. The first-order chi connectivity index (χ1) is 6.74. The van der Waals surface area contributed by atoms with Crippen LogP contribution in [0.1, 0.15) is 19.3 Å². The highest BCUT2D eigenvalue weighted by Gasteiger charge is 2.18. The van der Waals surface area contributed by atoms with Crippen molar-refractivity contribution in [2.75, 3.05) is 26.2 Å². The zero-order valence-electron chi connectivity index (χ0n) is 8.20. The van der Waals surface area contributed by atoms with Crippen molar-refractivity contribution in [3.63, 3.8) is 0 Å². The summed E-state index contributed by atoms with van der Waals surface area (Å²) >= 11 is 0. The molecule has 0 aromatic rings. The van der Waals surface area contributed by atoms with E-state index in [0.717, 1.165) is 25.9 Å². The molecule has 5 nitrogen and oxygen atoms in total. The third-order valence-electron chi connectivity index (χ3n) is 2.16. The molecule has 80 valence electrons. The number of esters is 1. The summed E-state index contributed by atoms with van der Waals surface area (Å²) in [6.07, 6.45) is 2.26. The number of nitrogens with two attached hydrogens (primary N) is 1. The molecule has 1 aliphatic heterocycles. The Kier molecular flexibility index (Phi) is 4.39. The topological polar surface area (TPSA) is 72.6 Å². The normalized spacial score (nSPS) is 15.6. The van der Waals surface area contributed by atoms with Gasteiger partial charge in [0.15, 0.2) is 6.61 Å². The predicted molar refractivity (Wildman–Crippen MR) is 50.4 cm³/mol. The van der Waals surface area contributed by atoms with Crippen LogP contribution in [0.3, 0.4) is 0 Å². The Morgan fingerprint density at radius 2 is 1.93 bits per heavy atom. The van der Waals surface area contributed by atoms with Gasteiger partial charge in [-0.3, -0.25) is 9.59 Å². The number of likely N-dealkylation sites (tertiary alicyclic amines) is 1. The maximum Gasteiger partial charge on any atom is 0.307 e. The molecule has 1 aliphatic rings. The molecule has 1 rings (SSSR count). The van der Waals surface area contributed by atoms with Crippen LogP contribution in [0.15, 0.2) is 0 Å². The summed E-state index contributed by atoms with van der Waals surface area (Å²) in [4.78, 5) is 24.0. The summed E-state index contributed by atoms with van der Waals surface area (Å²) in [6.45, 7) is 1.69. The molecule has 0 unspecified atom stereocenters. The largest absolute Gasteiger partial charge is 0.456 e. The average Bonchev–Trinajstić information content (AvgIpc) is 2.67. The van der Waals surface area contributed by atoms with Crippen LogP contribution in [0.4, 0.5) is 0 Å². The minimum atomic E-state index is -0.403. The second kappa shape index (κ2) is 5.59. The molecule has 0 spiro atoms. The van der Waals surface area contributed by atoms with Gasteiger partial charge in [0.1, 0.15) is 0 Å². The van der Waals surface area contributed by atoms with Crippen LogP contribution in [0.5, 0.6) is 0 Å². The lowest BCUT2D eigenvalue weighted by atomic mass is 10.4. The first-order valence-electron chi connectivity index (χ1n) is 4.87. The number of hydrogen-bond acceptors (Lipinski definition) is 4. The Morgan fingerprint density at radius 3 is 2.50 bits per heavy atom. The van der Waals surface area contributed by atoms with Gasteiger partial charge < -0.3 is 15.4 Å². The molecule has 0 atom stereocenters. The van der Waals surface area contributed by atoms with Crippen LogP contribution in [0.25, 0.3) is 0 Å². The molecule has 0 saturated carbocycles. The van der Waals surface area contributed by atoms with E-state index in [0.29, 0.717) is 0 Å². The molecule has 0 aromatic heterocycles. The van der Waals surface area contributed by atoms with Crippen molar-refractivity contribution in [2.24, 2.45) is 5.73 Å².